The van der Waals surface area contributed by atoms with Crippen molar-refractivity contribution >= 4 is 29.5 Å². The van der Waals surface area contributed by atoms with Gasteiger partial charge in [0.05, 0.1) is 10.6 Å². The molecule has 2 aromatic carbocycles. The molecule has 2 nitrogen and oxygen atoms in total. The average Bonchev–Trinajstić information content (AvgIpc) is 2.37. The fraction of sp³-hybridized carbons (Fsp3) is 0. The molecule has 0 spiro atoms. The molecule has 2 aromatic rings. The first-order valence-electron chi connectivity index (χ1n) is 4.98. The van der Waals surface area contributed by atoms with Crippen molar-refractivity contribution in [1.82, 2.24) is 0 Å². The normalized spacial score (nSPS) is 10.2. The van der Waals surface area contributed by atoms with Crippen LogP contribution in [0.3, 0.4) is 0 Å². The van der Waals surface area contributed by atoms with Crippen LogP contribution in [0.25, 0.3) is 0 Å². The highest BCUT2D eigenvalue weighted by atomic mass is 35.5. The Labute approximate surface area is 113 Å². The van der Waals surface area contributed by atoms with Crippen molar-refractivity contribution in [2.45, 2.75) is 0 Å². The Kier molecular flexibility index (Phi) is 3.84. The highest BCUT2D eigenvalue weighted by Crippen LogP contribution is 2.35. The number of halogens is 3. The lowest BCUT2D eigenvalue weighted by Gasteiger charge is -2.10. The molecule has 0 heterocycles. The zero-order chi connectivity index (χ0) is 13.1. The van der Waals surface area contributed by atoms with E-state index in [4.69, 9.17) is 27.9 Å². The Morgan fingerprint density at radius 3 is 2.61 bits per heavy atom. The highest BCUT2D eigenvalue weighted by Gasteiger charge is 2.10. The molecule has 0 radical (unpaired) electrons. The summed E-state index contributed by atoms with van der Waals surface area (Å²) in [5, 5.41) is 0.573. The molecular weight excluding hydrogens is 278 g/mol. The van der Waals surface area contributed by atoms with Gasteiger partial charge >= 0.3 is 0 Å². The Balaban J connectivity index is 2.40. The van der Waals surface area contributed by atoms with Crippen LogP contribution in [0.15, 0.2) is 36.4 Å². The van der Waals surface area contributed by atoms with Crippen molar-refractivity contribution in [3.05, 3.63) is 57.8 Å². The molecular formula is C13H7Cl2FO2. The van der Waals surface area contributed by atoms with Crippen LogP contribution in [0.5, 0.6) is 11.5 Å². The topological polar surface area (TPSA) is 26.3 Å². The number of hydrogen-bond acceptors (Lipinski definition) is 2. The minimum absolute atomic E-state index is 0.103. The van der Waals surface area contributed by atoms with Gasteiger partial charge in [0, 0.05) is 0 Å². The molecule has 0 saturated carbocycles. The van der Waals surface area contributed by atoms with Gasteiger partial charge in [-0.3, -0.25) is 4.79 Å². The van der Waals surface area contributed by atoms with E-state index < -0.39 is 5.82 Å². The van der Waals surface area contributed by atoms with Crippen molar-refractivity contribution in [1.29, 1.82) is 0 Å². The van der Waals surface area contributed by atoms with Crippen molar-refractivity contribution in [2.75, 3.05) is 0 Å². The van der Waals surface area contributed by atoms with Crippen molar-refractivity contribution in [3.8, 4) is 11.5 Å². The molecule has 0 saturated heterocycles. The summed E-state index contributed by atoms with van der Waals surface area (Å²) < 4.78 is 18.4. The third-order valence-corrected chi connectivity index (χ3v) is 3.04. The first-order chi connectivity index (χ1) is 8.61. The summed E-state index contributed by atoms with van der Waals surface area (Å²) in [6.07, 6.45) is 0.511. The molecule has 18 heavy (non-hydrogen) atoms. The van der Waals surface area contributed by atoms with Crippen LogP contribution in [-0.2, 0) is 0 Å². The van der Waals surface area contributed by atoms with Crippen LogP contribution in [0, 0.1) is 5.82 Å². The number of benzene rings is 2. The van der Waals surface area contributed by atoms with Gasteiger partial charge in [-0.15, -0.1) is 0 Å². The highest BCUT2D eigenvalue weighted by molar-refractivity contribution is 6.42. The Hall–Kier alpha value is -1.58. The lowest BCUT2D eigenvalue weighted by atomic mass is 10.2. The zero-order valence-corrected chi connectivity index (χ0v) is 10.5. The van der Waals surface area contributed by atoms with Crippen molar-refractivity contribution in [2.24, 2.45) is 0 Å². The lowest BCUT2D eigenvalue weighted by molar-refractivity contribution is 0.112. The number of carbonyl (C=O) groups is 1. The number of rotatable bonds is 3. The summed E-state index contributed by atoms with van der Waals surface area (Å²) in [5.41, 5.74) is 0.103. The van der Waals surface area contributed by atoms with E-state index in [2.05, 4.69) is 0 Å². The van der Waals surface area contributed by atoms with Gasteiger partial charge in [-0.1, -0.05) is 29.3 Å². The second-order valence-electron chi connectivity index (χ2n) is 3.45. The fourth-order valence-electron chi connectivity index (χ4n) is 1.39. The number of ether oxygens (including phenoxy) is 1. The molecule has 0 aliphatic heterocycles. The Bertz CT molecular complexity index is 600. The minimum atomic E-state index is -0.512. The minimum Gasteiger partial charge on any atom is -0.455 e. The fourth-order valence-corrected chi connectivity index (χ4v) is 1.72. The van der Waals surface area contributed by atoms with Gasteiger partial charge in [-0.25, -0.2) is 4.39 Å². The Morgan fingerprint density at radius 2 is 1.89 bits per heavy atom. The van der Waals surface area contributed by atoms with E-state index in [1.807, 2.05) is 0 Å². The van der Waals surface area contributed by atoms with Crippen LogP contribution in [0.1, 0.15) is 10.4 Å². The van der Waals surface area contributed by atoms with Gasteiger partial charge in [0.2, 0.25) is 0 Å². The molecule has 0 N–H and O–H groups in total. The number of hydrogen-bond donors (Lipinski definition) is 0. The molecule has 0 fully saturated rings. The first-order valence-corrected chi connectivity index (χ1v) is 5.74. The third kappa shape index (κ3) is 2.63. The maximum absolute atomic E-state index is 13.0. The van der Waals surface area contributed by atoms with E-state index in [0.29, 0.717) is 17.1 Å². The van der Waals surface area contributed by atoms with E-state index in [9.17, 15) is 9.18 Å². The third-order valence-electron chi connectivity index (χ3n) is 2.23. The van der Waals surface area contributed by atoms with Gasteiger partial charge in [-0.05, 0) is 30.3 Å². The van der Waals surface area contributed by atoms with E-state index in [-0.39, 0.29) is 16.3 Å². The van der Waals surface area contributed by atoms with E-state index in [0.717, 1.165) is 6.07 Å². The summed E-state index contributed by atoms with van der Waals surface area (Å²) in [7, 11) is 0. The summed E-state index contributed by atoms with van der Waals surface area (Å²) in [5.74, 6) is 0.0103. The molecule has 0 aliphatic rings. The quantitative estimate of drug-likeness (QED) is 0.761. The molecule has 0 bridgehead atoms. The monoisotopic (exact) mass is 284 g/mol. The smallest absolute Gasteiger partial charge is 0.153 e. The summed E-state index contributed by atoms with van der Waals surface area (Å²) in [6.45, 7) is 0. The molecule has 2 rings (SSSR count). The standard InChI is InChI=1S/C13H7Cl2FO2/c14-10-2-1-3-12(13(10)15)18-11-5-4-9(16)6-8(11)7-17/h1-7H. The summed E-state index contributed by atoms with van der Waals surface area (Å²) in [6, 6.07) is 8.51. The first kappa shape index (κ1) is 12.9. The maximum Gasteiger partial charge on any atom is 0.153 e. The van der Waals surface area contributed by atoms with Gasteiger partial charge in [0.15, 0.2) is 6.29 Å². The molecule has 92 valence electrons. The summed E-state index contributed by atoms with van der Waals surface area (Å²) >= 11 is 11.8. The van der Waals surface area contributed by atoms with Gasteiger partial charge in [0.25, 0.3) is 0 Å². The van der Waals surface area contributed by atoms with E-state index in [1.54, 1.807) is 18.2 Å². The predicted octanol–water partition coefficient (Wildman–Crippen LogP) is 4.74. The molecule has 5 heteroatoms. The predicted molar refractivity (Wildman–Crippen MR) is 68.3 cm³/mol. The molecule has 0 atom stereocenters. The average molecular weight is 285 g/mol. The van der Waals surface area contributed by atoms with Crippen LogP contribution in [0.2, 0.25) is 10.0 Å². The van der Waals surface area contributed by atoms with Gasteiger partial charge < -0.3 is 4.74 Å². The second-order valence-corrected chi connectivity index (χ2v) is 4.24. The van der Waals surface area contributed by atoms with Gasteiger partial charge in [0.1, 0.15) is 22.3 Å². The zero-order valence-electron chi connectivity index (χ0n) is 8.99. The second kappa shape index (κ2) is 5.38. The molecule has 0 unspecified atom stereocenters. The van der Waals surface area contributed by atoms with Crippen molar-refractivity contribution in [3.63, 3.8) is 0 Å². The Morgan fingerprint density at radius 1 is 1.11 bits per heavy atom. The van der Waals surface area contributed by atoms with Crippen LogP contribution < -0.4 is 4.74 Å². The van der Waals surface area contributed by atoms with Gasteiger partial charge in [-0.2, -0.15) is 0 Å². The van der Waals surface area contributed by atoms with Crippen LogP contribution in [-0.4, -0.2) is 6.29 Å². The van der Waals surface area contributed by atoms with Crippen LogP contribution in [0.4, 0.5) is 4.39 Å². The number of carbonyl (C=O) groups excluding carboxylic acids is 1. The lowest BCUT2D eigenvalue weighted by Crippen LogP contribution is -1.92. The molecule has 0 aliphatic carbocycles. The van der Waals surface area contributed by atoms with Crippen LogP contribution >= 0.6 is 23.2 Å². The van der Waals surface area contributed by atoms with Crippen molar-refractivity contribution < 1.29 is 13.9 Å². The largest absolute Gasteiger partial charge is 0.455 e. The number of aldehydes is 1. The molecule has 0 amide bonds. The molecule has 0 aromatic heterocycles. The SMILES string of the molecule is O=Cc1cc(F)ccc1Oc1cccc(Cl)c1Cl. The maximum atomic E-state index is 13.0. The van der Waals surface area contributed by atoms with E-state index >= 15 is 0 Å². The summed E-state index contributed by atoms with van der Waals surface area (Å²) in [4.78, 5) is 10.8. The van der Waals surface area contributed by atoms with E-state index in [1.165, 1.54) is 12.1 Å².